The molecular weight excluding hydrogens is 431 g/mol. The van der Waals surface area contributed by atoms with Crippen molar-refractivity contribution in [2.45, 2.75) is 36.8 Å². The van der Waals surface area contributed by atoms with Crippen molar-refractivity contribution >= 4 is 10.0 Å². The fraction of sp³-hybridized carbons (Fsp3) is 0.333. The number of piperidine rings is 1. The fourth-order valence-corrected chi connectivity index (χ4v) is 5.14. The van der Waals surface area contributed by atoms with Crippen molar-refractivity contribution in [1.29, 1.82) is 0 Å². The summed E-state index contributed by atoms with van der Waals surface area (Å²) in [6, 6.07) is 11.4. The van der Waals surface area contributed by atoms with Gasteiger partial charge in [0.05, 0.1) is 16.4 Å². The molecule has 0 N–H and O–H groups in total. The Morgan fingerprint density at radius 1 is 1.13 bits per heavy atom. The van der Waals surface area contributed by atoms with Crippen LogP contribution in [-0.4, -0.2) is 36.0 Å². The van der Waals surface area contributed by atoms with Gasteiger partial charge < -0.3 is 4.52 Å². The van der Waals surface area contributed by atoms with Gasteiger partial charge in [0.1, 0.15) is 0 Å². The second kappa shape index (κ2) is 8.08. The molecule has 1 aliphatic rings. The van der Waals surface area contributed by atoms with Crippen LogP contribution in [0.15, 0.2) is 57.9 Å². The molecular formula is C21H20F3N3O3S. The average Bonchev–Trinajstić information content (AvgIpc) is 3.24. The Hall–Kier alpha value is -2.72. The Bertz CT molecular complexity index is 1170. The van der Waals surface area contributed by atoms with E-state index in [1.807, 2.05) is 31.2 Å². The second-order valence-electron chi connectivity index (χ2n) is 7.55. The van der Waals surface area contributed by atoms with Gasteiger partial charge in [0.15, 0.2) is 0 Å². The number of nitrogens with zero attached hydrogens (tertiary/aromatic N) is 3. The Labute approximate surface area is 177 Å². The van der Waals surface area contributed by atoms with Gasteiger partial charge in [-0.3, -0.25) is 0 Å². The van der Waals surface area contributed by atoms with Gasteiger partial charge in [-0.25, -0.2) is 8.42 Å². The molecule has 10 heteroatoms. The summed E-state index contributed by atoms with van der Waals surface area (Å²) < 4.78 is 71.6. The van der Waals surface area contributed by atoms with Crippen LogP contribution in [0.25, 0.3) is 11.4 Å². The van der Waals surface area contributed by atoms with Crippen molar-refractivity contribution in [2.24, 2.45) is 0 Å². The van der Waals surface area contributed by atoms with E-state index in [2.05, 4.69) is 10.1 Å². The van der Waals surface area contributed by atoms with E-state index in [0.717, 1.165) is 23.3 Å². The van der Waals surface area contributed by atoms with Crippen LogP contribution in [0.4, 0.5) is 13.2 Å². The molecule has 0 spiro atoms. The van der Waals surface area contributed by atoms with Gasteiger partial charge in [-0.2, -0.15) is 22.5 Å². The van der Waals surface area contributed by atoms with Gasteiger partial charge in [-0.15, -0.1) is 0 Å². The van der Waals surface area contributed by atoms with E-state index >= 15 is 0 Å². The summed E-state index contributed by atoms with van der Waals surface area (Å²) in [6.07, 6.45) is -3.44. The predicted molar refractivity (Wildman–Crippen MR) is 107 cm³/mol. The Kier molecular flexibility index (Phi) is 5.61. The van der Waals surface area contributed by atoms with Crippen molar-refractivity contribution in [3.8, 4) is 11.4 Å². The molecule has 31 heavy (non-hydrogen) atoms. The first-order chi connectivity index (χ1) is 14.6. The van der Waals surface area contributed by atoms with Gasteiger partial charge in [0.2, 0.25) is 21.7 Å². The van der Waals surface area contributed by atoms with E-state index in [1.54, 1.807) is 0 Å². The van der Waals surface area contributed by atoms with E-state index in [4.69, 9.17) is 4.52 Å². The predicted octanol–water partition coefficient (Wildman–Crippen LogP) is 4.63. The average molecular weight is 451 g/mol. The standard InChI is InChI=1S/C21H20F3N3O3S/c1-14-7-9-15(10-8-14)19-25-20(30-26-19)16-4-3-11-27(13-16)31(28,29)18-6-2-5-17(12-18)21(22,23)24/h2,5-10,12,16H,3-4,11,13H2,1H3/t16-/m0/s1. The molecule has 6 nitrogen and oxygen atoms in total. The molecule has 3 aromatic rings. The van der Waals surface area contributed by atoms with Crippen LogP contribution in [0.1, 0.15) is 35.8 Å². The van der Waals surface area contributed by atoms with Crippen LogP contribution < -0.4 is 0 Å². The minimum atomic E-state index is -4.62. The minimum Gasteiger partial charge on any atom is -0.339 e. The van der Waals surface area contributed by atoms with Crippen molar-refractivity contribution in [3.63, 3.8) is 0 Å². The third-order valence-electron chi connectivity index (χ3n) is 5.28. The normalized spacial score (nSPS) is 18.3. The lowest BCUT2D eigenvalue weighted by atomic mass is 10.00. The summed E-state index contributed by atoms with van der Waals surface area (Å²) in [4.78, 5) is 4.04. The van der Waals surface area contributed by atoms with Gasteiger partial charge in [-0.05, 0) is 38.0 Å². The Morgan fingerprint density at radius 3 is 2.58 bits per heavy atom. The van der Waals surface area contributed by atoms with Gasteiger partial charge in [-0.1, -0.05) is 41.1 Å². The van der Waals surface area contributed by atoms with E-state index in [-0.39, 0.29) is 23.9 Å². The molecule has 0 radical (unpaired) electrons. The number of sulfonamides is 1. The second-order valence-corrected chi connectivity index (χ2v) is 9.49. The summed E-state index contributed by atoms with van der Waals surface area (Å²) in [5.41, 5.74) is 0.877. The van der Waals surface area contributed by atoms with E-state index < -0.39 is 21.8 Å². The molecule has 0 unspecified atom stereocenters. The van der Waals surface area contributed by atoms with Crippen LogP contribution in [0, 0.1) is 6.92 Å². The van der Waals surface area contributed by atoms with Crippen LogP contribution in [0.3, 0.4) is 0 Å². The number of hydrogen-bond acceptors (Lipinski definition) is 5. The number of aryl methyl sites for hydroxylation is 1. The number of aromatic nitrogens is 2. The lowest BCUT2D eigenvalue weighted by Gasteiger charge is -2.30. The highest BCUT2D eigenvalue weighted by Crippen LogP contribution is 2.33. The first-order valence-electron chi connectivity index (χ1n) is 9.72. The van der Waals surface area contributed by atoms with E-state index in [0.29, 0.717) is 30.6 Å². The molecule has 1 fully saturated rings. The summed E-state index contributed by atoms with van der Waals surface area (Å²) >= 11 is 0. The molecule has 2 heterocycles. The monoisotopic (exact) mass is 451 g/mol. The number of alkyl halides is 3. The maximum atomic E-state index is 13.0. The van der Waals surface area contributed by atoms with Crippen molar-refractivity contribution in [3.05, 3.63) is 65.5 Å². The lowest BCUT2D eigenvalue weighted by molar-refractivity contribution is -0.137. The van der Waals surface area contributed by atoms with Gasteiger partial charge >= 0.3 is 6.18 Å². The maximum absolute atomic E-state index is 13.0. The third kappa shape index (κ3) is 4.49. The van der Waals surface area contributed by atoms with Crippen molar-refractivity contribution < 1.29 is 26.1 Å². The quantitative estimate of drug-likeness (QED) is 0.578. The molecule has 0 bridgehead atoms. The number of rotatable bonds is 4. The molecule has 1 saturated heterocycles. The van der Waals surface area contributed by atoms with Crippen molar-refractivity contribution in [1.82, 2.24) is 14.4 Å². The van der Waals surface area contributed by atoms with Gasteiger partial charge in [0.25, 0.3) is 0 Å². The molecule has 1 atom stereocenters. The van der Waals surface area contributed by atoms with Crippen LogP contribution in [-0.2, 0) is 16.2 Å². The van der Waals surface area contributed by atoms with Crippen LogP contribution in [0.5, 0.6) is 0 Å². The molecule has 1 aliphatic heterocycles. The largest absolute Gasteiger partial charge is 0.416 e. The first kappa shape index (κ1) is 21.5. The van der Waals surface area contributed by atoms with Crippen LogP contribution >= 0.6 is 0 Å². The zero-order valence-corrected chi connectivity index (χ0v) is 17.4. The summed E-state index contributed by atoms with van der Waals surface area (Å²) in [5, 5.41) is 4.00. The van der Waals surface area contributed by atoms with E-state index in [9.17, 15) is 21.6 Å². The third-order valence-corrected chi connectivity index (χ3v) is 7.15. The molecule has 0 aliphatic carbocycles. The van der Waals surface area contributed by atoms with Crippen molar-refractivity contribution in [2.75, 3.05) is 13.1 Å². The molecule has 0 saturated carbocycles. The SMILES string of the molecule is Cc1ccc(-c2noc([C@H]3CCCN(S(=O)(=O)c4cccc(C(F)(F)F)c4)C3)n2)cc1. The molecule has 164 valence electrons. The molecule has 4 rings (SSSR count). The topological polar surface area (TPSA) is 76.3 Å². The number of hydrogen-bond donors (Lipinski definition) is 0. The lowest BCUT2D eigenvalue weighted by Crippen LogP contribution is -2.39. The smallest absolute Gasteiger partial charge is 0.339 e. The maximum Gasteiger partial charge on any atom is 0.416 e. The molecule has 1 aromatic heterocycles. The summed E-state index contributed by atoms with van der Waals surface area (Å²) in [5.74, 6) is 0.397. The highest BCUT2D eigenvalue weighted by Gasteiger charge is 2.36. The molecule has 2 aromatic carbocycles. The Balaban J connectivity index is 1.55. The minimum absolute atomic E-state index is 0.0636. The zero-order chi connectivity index (χ0) is 22.2. The first-order valence-corrected chi connectivity index (χ1v) is 11.2. The fourth-order valence-electron chi connectivity index (χ4n) is 3.57. The number of benzene rings is 2. The highest BCUT2D eigenvalue weighted by atomic mass is 32.2. The zero-order valence-electron chi connectivity index (χ0n) is 16.6. The van der Waals surface area contributed by atoms with E-state index in [1.165, 1.54) is 10.4 Å². The Morgan fingerprint density at radius 2 is 1.87 bits per heavy atom. The summed E-state index contributed by atoms with van der Waals surface area (Å²) in [6.45, 7) is 2.25. The highest BCUT2D eigenvalue weighted by molar-refractivity contribution is 7.89. The summed E-state index contributed by atoms with van der Waals surface area (Å²) in [7, 11) is -4.09. The van der Waals surface area contributed by atoms with Crippen LogP contribution in [0.2, 0.25) is 0 Å². The van der Waals surface area contributed by atoms with Gasteiger partial charge in [0, 0.05) is 18.7 Å². The number of halogens is 3. The molecule has 0 amide bonds.